The Morgan fingerprint density at radius 2 is 1.65 bits per heavy atom. The van der Waals surface area contributed by atoms with Crippen LogP contribution in [-0.2, 0) is 0 Å². The van der Waals surface area contributed by atoms with E-state index < -0.39 is 0 Å². The maximum atomic E-state index is 5.26. The summed E-state index contributed by atoms with van der Waals surface area (Å²) in [4.78, 5) is 0. The topological polar surface area (TPSA) is 9.23 Å². The number of methoxy groups -OCH3 is 1. The van der Waals surface area contributed by atoms with Crippen molar-refractivity contribution >= 4 is 0 Å². The standard InChI is InChI=1S/C15H12IO/c1-17-15-10-6-5-7-13(15)11-12-16-14-8-3-2-4-9-14/h2-10H,1H3/q+1. The fourth-order valence-corrected chi connectivity index (χ4v) is 2.87. The fourth-order valence-electron chi connectivity index (χ4n) is 1.35. The van der Waals surface area contributed by atoms with E-state index >= 15 is 0 Å². The summed E-state index contributed by atoms with van der Waals surface area (Å²) in [6.45, 7) is 0. The van der Waals surface area contributed by atoms with Gasteiger partial charge in [0.05, 0.1) is 12.7 Å². The quantitative estimate of drug-likeness (QED) is 0.553. The molecule has 0 spiro atoms. The molecule has 0 heterocycles. The Morgan fingerprint density at radius 1 is 0.941 bits per heavy atom. The van der Waals surface area contributed by atoms with Gasteiger partial charge in [-0.3, -0.25) is 0 Å². The summed E-state index contributed by atoms with van der Waals surface area (Å²) in [7, 11) is 1.67. The third-order valence-corrected chi connectivity index (χ3v) is 4.06. The monoisotopic (exact) mass is 335 g/mol. The third kappa shape index (κ3) is 3.50. The SMILES string of the molecule is COc1ccccc1C#C[I+]c1ccccc1. The molecule has 0 unspecified atom stereocenters. The number of rotatable bonds is 2. The van der Waals surface area contributed by atoms with E-state index in [9.17, 15) is 0 Å². The van der Waals surface area contributed by atoms with Gasteiger partial charge in [0.2, 0.25) is 3.57 Å². The third-order valence-electron chi connectivity index (χ3n) is 2.18. The van der Waals surface area contributed by atoms with Crippen LogP contribution in [0.5, 0.6) is 5.75 Å². The molecule has 0 amide bonds. The predicted octanol–water partition coefficient (Wildman–Crippen LogP) is -0.0370. The second-order valence-corrected chi connectivity index (χ2v) is 5.63. The van der Waals surface area contributed by atoms with E-state index in [4.69, 9.17) is 4.74 Å². The molecule has 84 valence electrons. The average Bonchev–Trinajstić information content (AvgIpc) is 2.40. The van der Waals surface area contributed by atoms with Crippen LogP contribution in [0.1, 0.15) is 5.56 Å². The Morgan fingerprint density at radius 3 is 2.41 bits per heavy atom. The highest BCUT2D eigenvalue weighted by Crippen LogP contribution is 2.14. The lowest BCUT2D eigenvalue weighted by Crippen LogP contribution is -3.59. The van der Waals surface area contributed by atoms with E-state index in [0.29, 0.717) is 0 Å². The molecule has 0 saturated carbocycles. The minimum Gasteiger partial charge on any atom is -0.495 e. The molecule has 0 aliphatic heterocycles. The molecule has 2 rings (SSSR count). The Labute approximate surface area is 112 Å². The first-order chi connectivity index (χ1) is 8.40. The maximum Gasteiger partial charge on any atom is 0.420 e. The van der Waals surface area contributed by atoms with Gasteiger partial charge in [-0.15, -0.1) is 0 Å². The molecule has 0 radical (unpaired) electrons. The van der Waals surface area contributed by atoms with Gasteiger partial charge in [-0.2, -0.15) is 0 Å². The lowest BCUT2D eigenvalue weighted by Gasteiger charge is -1.99. The van der Waals surface area contributed by atoms with Crippen LogP contribution in [0.15, 0.2) is 54.6 Å². The van der Waals surface area contributed by atoms with Crippen LogP contribution < -0.4 is 25.9 Å². The molecule has 0 saturated heterocycles. The molecule has 0 N–H and O–H groups in total. The van der Waals surface area contributed by atoms with Crippen LogP contribution in [0.4, 0.5) is 0 Å². The normalized spacial score (nSPS) is 9.24. The molecule has 0 atom stereocenters. The van der Waals surface area contributed by atoms with Crippen molar-refractivity contribution in [1.82, 2.24) is 0 Å². The highest BCUT2D eigenvalue weighted by molar-refractivity contribution is 5.44. The second kappa shape index (κ2) is 6.31. The van der Waals surface area contributed by atoms with Crippen molar-refractivity contribution in [2.75, 3.05) is 7.11 Å². The van der Waals surface area contributed by atoms with Gasteiger partial charge in [0.25, 0.3) is 0 Å². The highest BCUT2D eigenvalue weighted by atomic mass is 127. The van der Waals surface area contributed by atoms with Crippen molar-refractivity contribution in [3.05, 3.63) is 63.7 Å². The zero-order valence-corrected chi connectivity index (χ0v) is 11.6. The van der Waals surface area contributed by atoms with Gasteiger partial charge in [-0.25, -0.2) is 0 Å². The molecule has 0 fully saturated rings. The van der Waals surface area contributed by atoms with Gasteiger partial charge >= 0.3 is 21.2 Å². The van der Waals surface area contributed by atoms with Crippen molar-refractivity contribution in [1.29, 1.82) is 0 Å². The van der Waals surface area contributed by atoms with Crippen LogP contribution >= 0.6 is 0 Å². The molecule has 1 nitrogen and oxygen atoms in total. The van der Waals surface area contributed by atoms with Crippen molar-refractivity contribution in [2.45, 2.75) is 0 Å². The maximum absolute atomic E-state index is 5.26. The van der Waals surface area contributed by atoms with Crippen LogP contribution in [0.3, 0.4) is 0 Å². The van der Waals surface area contributed by atoms with Crippen molar-refractivity contribution in [3.63, 3.8) is 0 Å². The van der Waals surface area contributed by atoms with Gasteiger partial charge in [-0.1, -0.05) is 30.3 Å². The summed E-state index contributed by atoms with van der Waals surface area (Å²) >= 11 is -0.234. The number of hydrogen-bond donors (Lipinski definition) is 0. The van der Waals surface area contributed by atoms with E-state index in [1.54, 1.807) is 7.11 Å². The zero-order chi connectivity index (χ0) is 11.9. The summed E-state index contributed by atoms with van der Waals surface area (Å²) in [5.41, 5.74) is 0.964. The fraction of sp³-hybridized carbons (Fsp3) is 0.0667. The van der Waals surface area contributed by atoms with Gasteiger partial charge in [0, 0.05) is 0 Å². The van der Waals surface area contributed by atoms with E-state index in [0.717, 1.165) is 11.3 Å². The molecule has 0 aliphatic rings. The molecule has 2 aromatic rings. The molecular weight excluding hydrogens is 323 g/mol. The Hall–Kier alpha value is -1.47. The van der Waals surface area contributed by atoms with Gasteiger partial charge in [0.15, 0.2) is 3.93 Å². The van der Waals surface area contributed by atoms with Gasteiger partial charge in [0.1, 0.15) is 5.75 Å². The first-order valence-corrected chi connectivity index (χ1v) is 7.39. The first kappa shape index (κ1) is 12.0. The van der Waals surface area contributed by atoms with Crippen LogP contribution in [0.25, 0.3) is 0 Å². The summed E-state index contributed by atoms with van der Waals surface area (Å²) < 4.78 is 9.87. The van der Waals surface area contributed by atoms with Crippen LogP contribution in [0, 0.1) is 13.4 Å². The zero-order valence-electron chi connectivity index (χ0n) is 9.48. The van der Waals surface area contributed by atoms with E-state index in [1.807, 2.05) is 30.3 Å². The molecule has 0 aliphatic carbocycles. The van der Waals surface area contributed by atoms with E-state index in [1.165, 1.54) is 3.57 Å². The Kier molecular flexibility index (Phi) is 4.45. The van der Waals surface area contributed by atoms with Crippen LogP contribution in [0.2, 0.25) is 0 Å². The Bertz CT molecular complexity index is 538. The van der Waals surface area contributed by atoms with Gasteiger partial charge in [-0.05, 0) is 30.2 Å². The van der Waals surface area contributed by atoms with Crippen molar-refractivity contribution < 1.29 is 25.9 Å². The van der Waals surface area contributed by atoms with E-state index in [2.05, 4.69) is 34.1 Å². The predicted molar refractivity (Wildman–Crippen MR) is 65.0 cm³/mol. The van der Waals surface area contributed by atoms with E-state index in [-0.39, 0.29) is 21.2 Å². The summed E-state index contributed by atoms with van der Waals surface area (Å²) in [5, 5.41) is 0. The summed E-state index contributed by atoms with van der Waals surface area (Å²) in [5.74, 6) is 4.03. The summed E-state index contributed by atoms with van der Waals surface area (Å²) in [6.07, 6.45) is 0. The number of halogens is 1. The minimum absolute atomic E-state index is 0.234. The number of benzene rings is 2. The number of ether oxygens (including phenoxy) is 1. The molecule has 0 aromatic heterocycles. The smallest absolute Gasteiger partial charge is 0.420 e. The van der Waals surface area contributed by atoms with Crippen LogP contribution in [-0.4, -0.2) is 7.11 Å². The minimum atomic E-state index is -0.234. The molecule has 2 aromatic carbocycles. The molecule has 17 heavy (non-hydrogen) atoms. The molecule has 2 heteroatoms. The lowest BCUT2D eigenvalue weighted by atomic mass is 10.2. The summed E-state index contributed by atoms with van der Waals surface area (Å²) in [6, 6.07) is 18.3. The largest absolute Gasteiger partial charge is 0.495 e. The van der Waals surface area contributed by atoms with Gasteiger partial charge < -0.3 is 4.74 Å². The second-order valence-electron chi connectivity index (χ2n) is 3.31. The molecule has 0 bridgehead atoms. The highest BCUT2D eigenvalue weighted by Gasteiger charge is 2.06. The number of hydrogen-bond acceptors (Lipinski definition) is 1. The first-order valence-electron chi connectivity index (χ1n) is 5.23. The Balaban J connectivity index is 2.11. The van der Waals surface area contributed by atoms with Crippen molar-refractivity contribution in [2.24, 2.45) is 0 Å². The lowest BCUT2D eigenvalue weighted by molar-refractivity contribution is -0.535. The molecular formula is C15H12IO+. The van der Waals surface area contributed by atoms with Crippen molar-refractivity contribution in [3.8, 4) is 15.6 Å². The number of para-hydroxylation sites is 1. The average molecular weight is 335 g/mol.